The van der Waals surface area contributed by atoms with Gasteiger partial charge in [0.05, 0.1) is 17.7 Å². The maximum absolute atomic E-state index is 15.3. The number of hydrogen-bond donors (Lipinski definition) is 1. The molecule has 5 atom stereocenters. The highest BCUT2D eigenvalue weighted by molar-refractivity contribution is 5.89. The Labute approximate surface area is 331 Å². The van der Waals surface area contributed by atoms with Gasteiger partial charge in [-0.2, -0.15) is 0 Å². The minimum absolute atomic E-state index is 0.0351. The Hall–Kier alpha value is -4.90. The highest BCUT2D eigenvalue weighted by Crippen LogP contribution is 2.49. The van der Waals surface area contributed by atoms with Gasteiger partial charge in [0.1, 0.15) is 17.9 Å². The van der Waals surface area contributed by atoms with Crippen molar-refractivity contribution in [3.05, 3.63) is 137 Å². The second-order valence-electron chi connectivity index (χ2n) is 17.0. The van der Waals surface area contributed by atoms with Gasteiger partial charge < -0.3 is 19.7 Å². The van der Waals surface area contributed by atoms with Crippen LogP contribution in [0.2, 0.25) is 0 Å². The van der Waals surface area contributed by atoms with Crippen molar-refractivity contribution in [1.29, 1.82) is 0 Å². The predicted molar refractivity (Wildman–Crippen MR) is 215 cm³/mol. The first-order valence-electron chi connectivity index (χ1n) is 19.9. The van der Waals surface area contributed by atoms with Gasteiger partial charge in [0, 0.05) is 63.0 Å². The van der Waals surface area contributed by atoms with E-state index >= 15 is 4.79 Å². The van der Waals surface area contributed by atoms with Crippen LogP contribution >= 0.6 is 0 Å². The van der Waals surface area contributed by atoms with E-state index in [0.717, 1.165) is 23.1 Å². The normalized spacial score (nSPS) is 21.8. The van der Waals surface area contributed by atoms with Gasteiger partial charge >= 0.3 is 5.97 Å². The summed E-state index contributed by atoms with van der Waals surface area (Å²) in [5.41, 5.74) is 3.58. The Morgan fingerprint density at radius 2 is 1.61 bits per heavy atom. The number of pyridine rings is 1. The molecular weight excluding hydrogens is 703 g/mol. The van der Waals surface area contributed by atoms with Gasteiger partial charge in [-0.15, -0.1) is 0 Å². The number of benzene rings is 3. The second-order valence-corrected chi connectivity index (χ2v) is 17.0. The first-order valence-corrected chi connectivity index (χ1v) is 19.9. The lowest BCUT2D eigenvalue weighted by Gasteiger charge is -2.43. The summed E-state index contributed by atoms with van der Waals surface area (Å²) in [6, 6.07) is 30.5. The molecule has 7 rings (SSSR count). The number of fused-ring (bicyclic) bond motifs is 3. The standard InChI is InChI=1S/C46H55N5O5/c1-45(2,3)48-42(52)39-31-49(29-33-17-14-22-47-28-33)23-24-50(39)30-37(55-44(54)34-18-10-7-11-19-34)26-36(25-32-15-8-6-9-16-32)43(53)51-41-38-21-13-12-20-35(38)27-40(41)56-46(51,4)5/h6-22,28,36-37,39-41H,23-27,29-31H2,1-5H3,(H,48,52)/t36-,37+,39+,40-,41+/m1/s1. The molecule has 2 aliphatic heterocycles. The summed E-state index contributed by atoms with van der Waals surface area (Å²) in [5.74, 6) is -1.12. The van der Waals surface area contributed by atoms with E-state index in [-0.39, 0.29) is 36.9 Å². The number of hydrogen-bond acceptors (Lipinski definition) is 8. The van der Waals surface area contributed by atoms with Gasteiger partial charge in [-0.25, -0.2) is 4.79 Å². The molecule has 3 heterocycles. The number of esters is 1. The molecule has 2 fully saturated rings. The number of aromatic nitrogens is 1. The van der Waals surface area contributed by atoms with Crippen LogP contribution in [0.1, 0.15) is 79.7 Å². The Morgan fingerprint density at radius 3 is 2.32 bits per heavy atom. The van der Waals surface area contributed by atoms with Gasteiger partial charge in [-0.05, 0) is 87.9 Å². The molecule has 10 nitrogen and oxygen atoms in total. The average Bonchev–Trinajstić information content (AvgIpc) is 3.65. The zero-order chi connectivity index (χ0) is 39.5. The number of ether oxygens (including phenoxy) is 2. The first-order chi connectivity index (χ1) is 26.8. The molecule has 1 aliphatic carbocycles. The molecule has 0 radical (unpaired) electrons. The van der Waals surface area contributed by atoms with Crippen LogP contribution in [0.15, 0.2) is 109 Å². The number of nitrogens with zero attached hydrogens (tertiary/aromatic N) is 4. The van der Waals surface area contributed by atoms with Crippen LogP contribution in [0.5, 0.6) is 0 Å². The van der Waals surface area contributed by atoms with Gasteiger partial charge in [0.25, 0.3) is 0 Å². The number of piperazine rings is 1. The van der Waals surface area contributed by atoms with Crippen LogP contribution in [0, 0.1) is 5.92 Å². The molecular formula is C46H55N5O5. The van der Waals surface area contributed by atoms with E-state index in [1.54, 1.807) is 18.3 Å². The third kappa shape index (κ3) is 9.20. The Bertz CT molecular complexity index is 1970. The van der Waals surface area contributed by atoms with Crippen molar-refractivity contribution >= 4 is 17.8 Å². The van der Waals surface area contributed by atoms with Crippen molar-refractivity contribution in [1.82, 2.24) is 25.0 Å². The summed E-state index contributed by atoms with van der Waals surface area (Å²) in [7, 11) is 0. The molecule has 2 saturated heterocycles. The number of carbonyl (C=O) groups is 3. The van der Waals surface area contributed by atoms with Crippen LogP contribution in [-0.2, 0) is 38.4 Å². The minimum atomic E-state index is -0.841. The summed E-state index contributed by atoms with van der Waals surface area (Å²) in [6.45, 7) is 12.6. The van der Waals surface area contributed by atoms with Gasteiger partial charge in [-0.3, -0.25) is 24.4 Å². The molecule has 3 aliphatic rings. The number of rotatable bonds is 12. The molecule has 3 aromatic carbocycles. The lowest BCUT2D eigenvalue weighted by Crippen LogP contribution is -2.62. The summed E-state index contributed by atoms with van der Waals surface area (Å²) in [5, 5.41) is 3.21. The molecule has 1 N–H and O–H groups in total. The summed E-state index contributed by atoms with van der Waals surface area (Å²) in [4.78, 5) is 53.9. The third-order valence-corrected chi connectivity index (χ3v) is 11.1. The molecule has 10 heteroatoms. The zero-order valence-corrected chi connectivity index (χ0v) is 33.3. The summed E-state index contributed by atoms with van der Waals surface area (Å²) in [6.07, 6.45) is 4.25. The molecule has 2 amide bonds. The van der Waals surface area contributed by atoms with Gasteiger partial charge in [-0.1, -0.05) is 78.9 Å². The van der Waals surface area contributed by atoms with Gasteiger partial charge in [0.15, 0.2) is 0 Å². The van der Waals surface area contributed by atoms with Crippen LogP contribution in [0.25, 0.3) is 0 Å². The van der Waals surface area contributed by atoms with Gasteiger partial charge in [0.2, 0.25) is 11.8 Å². The molecule has 0 unspecified atom stereocenters. The van der Waals surface area contributed by atoms with Crippen molar-refractivity contribution in [2.45, 2.75) is 96.0 Å². The minimum Gasteiger partial charge on any atom is -0.457 e. The fourth-order valence-corrected chi connectivity index (χ4v) is 8.70. The smallest absolute Gasteiger partial charge is 0.338 e. The highest BCUT2D eigenvalue weighted by atomic mass is 16.5. The maximum atomic E-state index is 15.3. The van der Waals surface area contributed by atoms with Crippen molar-refractivity contribution in [3.8, 4) is 0 Å². The quantitative estimate of drug-likeness (QED) is 0.170. The molecule has 0 saturated carbocycles. The molecule has 0 bridgehead atoms. The molecule has 0 spiro atoms. The summed E-state index contributed by atoms with van der Waals surface area (Å²) >= 11 is 0. The van der Waals surface area contributed by atoms with Crippen LogP contribution < -0.4 is 5.32 Å². The van der Waals surface area contributed by atoms with E-state index in [1.807, 2.05) is 119 Å². The van der Waals surface area contributed by atoms with Crippen molar-refractivity contribution in [3.63, 3.8) is 0 Å². The lowest BCUT2D eigenvalue weighted by molar-refractivity contribution is -0.153. The van der Waals surface area contributed by atoms with E-state index in [0.29, 0.717) is 38.2 Å². The summed E-state index contributed by atoms with van der Waals surface area (Å²) < 4.78 is 13.1. The maximum Gasteiger partial charge on any atom is 0.338 e. The number of amides is 2. The Balaban J connectivity index is 1.21. The Kier molecular flexibility index (Phi) is 11.7. The number of carbonyl (C=O) groups excluding carboxylic acids is 3. The van der Waals surface area contributed by atoms with Crippen molar-refractivity contribution in [2.75, 3.05) is 26.2 Å². The topological polar surface area (TPSA) is 104 Å². The van der Waals surface area contributed by atoms with Crippen LogP contribution in [0.4, 0.5) is 0 Å². The second kappa shape index (κ2) is 16.7. The molecule has 294 valence electrons. The molecule has 56 heavy (non-hydrogen) atoms. The lowest BCUT2D eigenvalue weighted by atomic mass is 9.90. The van der Waals surface area contributed by atoms with E-state index in [1.165, 1.54) is 5.56 Å². The molecule has 1 aromatic heterocycles. The van der Waals surface area contributed by atoms with E-state index in [2.05, 4.69) is 32.2 Å². The monoisotopic (exact) mass is 757 g/mol. The molecule has 4 aromatic rings. The van der Waals surface area contributed by atoms with E-state index in [9.17, 15) is 9.59 Å². The zero-order valence-electron chi connectivity index (χ0n) is 33.3. The SMILES string of the molecule is CC(C)(C)NC(=O)[C@@H]1CN(Cc2cccnc2)CCN1C[C@H](C[C@@H](Cc1ccccc1)C(=O)N1[C@H]2c3ccccc3C[C@H]2OC1(C)C)OC(=O)c1ccccc1. The Morgan fingerprint density at radius 1 is 0.911 bits per heavy atom. The highest BCUT2D eigenvalue weighted by Gasteiger charge is 2.54. The number of nitrogens with one attached hydrogen (secondary N) is 1. The predicted octanol–water partition coefficient (Wildman–Crippen LogP) is 6.22. The van der Waals surface area contributed by atoms with Crippen LogP contribution in [-0.4, -0.2) is 93.2 Å². The van der Waals surface area contributed by atoms with Crippen molar-refractivity contribution < 1.29 is 23.9 Å². The third-order valence-electron chi connectivity index (χ3n) is 11.1. The van der Waals surface area contributed by atoms with Crippen LogP contribution in [0.3, 0.4) is 0 Å². The fraction of sp³-hybridized carbons (Fsp3) is 0.435. The average molecular weight is 758 g/mol. The fourth-order valence-electron chi connectivity index (χ4n) is 8.70. The first kappa shape index (κ1) is 39.3. The van der Waals surface area contributed by atoms with E-state index < -0.39 is 35.3 Å². The van der Waals surface area contributed by atoms with E-state index in [4.69, 9.17) is 9.47 Å². The van der Waals surface area contributed by atoms with Crippen molar-refractivity contribution in [2.24, 2.45) is 5.92 Å². The largest absolute Gasteiger partial charge is 0.457 e.